The van der Waals surface area contributed by atoms with Gasteiger partial charge in [0.05, 0.1) is 11.9 Å². The van der Waals surface area contributed by atoms with Crippen molar-refractivity contribution in [2.24, 2.45) is 0 Å². The minimum absolute atomic E-state index is 0.312. The Morgan fingerprint density at radius 1 is 1.45 bits per heavy atom. The first-order valence-electron chi connectivity index (χ1n) is 7.03. The van der Waals surface area contributed by atoms with Crippen LogP contribution in [0.15, 0.2) is 18.5 Å². The lowest BCUT2D eigenvalue weighted by Gasteiger charge is -2.19. The number of carbonyl (C=O) groups is 2. The number of hydrogen-bond donors (Lipinski definition) is 3. The van der Waals surface area contributed by atoms with Gasteiger partial charge in [-0.2, -0.15) is 10.2 Å². The second kappa shape index (κ2) is 4.97. The second-order valence-electron chi connectivity index (χ2n) is 5.97. The van der Waals surface area contributed by atoms with Gasteiger partial charge in [0.25, 0.3) is 5.91 Å². The van der Waals surface area contributed by atoms with E-state index in [-0.39, 0.29) is 5.91 Å². The van der Waals surface area contributed by atoms with Crippen LogP contribution in [-0.4, -0.2) is 37.0 Å². The first-order chi connectivity index (χ1) is 10.4. The van der Waals surface area contributed by atoms with Crippen LogP contribution in [0.1, 0.15) is 48.8 Å². The molecule has 1 fully saturated rings. The van der Waals surface area contributed by atoms with E-state index in [0.29, 0.717) is 17.3 Å². The van der Waals surface area contributed by atoms with Crippen LogP contribution in [0.3, 0.4) is 0 Å². The van der Waals surface area contributed by atoms with Crippen molar-refractivity contribution in [1.82, 2.24) is 20.0 Å². The van der Waals surface area contributed by atoms with E-state index >= 15 is 0 Å². The van der Waals surface area contributed by atoms with E-state index in [2.05, 4.69) is 20.6 Å². The summed E-state index contributed by atoms with van der Waals surface area (Å²) in [7, 11) is 0. The summed E-state index contributed by atoms with van der Waals surface area (Å²) >= 11 is 0. The molecule has 3 N–H and O–H groups in total. The van der Waals surface area contributed by atoms with Crippen LogP contribution in [0.5, 0.6) is 0 Å². The van der Waals surface area contributed by atoms with Crippen LogP contribution in [0.4, 0.5) is 5.69 Å². The lowest BCUT2D eigenvalue weighted by Crippen LogP contribution is -2.35. The highest BCUT2D eigenvalue weighted by Crippen LogP contribution is 2.39. The van der Waals surface area contributed by atoms with Gasteiger partial charge in [-0.1, -0.05) is 0 Å². The molecule has 8 heteroatoms. The van der Waals surface area contributed by atoms with Crippen molar-refractivity contribution in [2.75, 3.05) is 5.32 Å². The fourth-order valence-corrected chi connectivity index (χ4v) is 2.04. The zero-order chi connectivity index (χ0) is 15.9. The molecule has 0 unspecified atom stereocenters. The number of H-pyrrole nitrogens is 1. The number of hydrogen-bond acceptors (Lipinski definition) is 4. The van der Waals surface area contributed by atoms with E-state index in [4.69, 9.17) is 5.11 Å². The Hall–Kier alpha value is -2.64. The Morgan fingerprint density at radius 2 is 2.18 bits per heavy atom. The normalized spacial score (nSPS) is 14.8. The molecule has 0 saturated heterocycles. The van der Waals surface area contributed by atoms with E-state index in [9.17, 15) is 9.59 Å². The van der Waals surface area contributed by atoms with Crippen LogP contribution in [-0.2, 0) is 10.3 Å². The lowest BCUT2D eigenvalue weighted by molar-refractivity contribution is -0.146. The van der Waals surface area contributed by atoms with Crippen molar-refractivity contribution in [2.45, 2.75) is 38.1 Å². The molecule has 0 bridgehead atoms. The molecular weight excluding hydrogens is 286 g/mol. The van der Waals surface area contributed by atoms with Crippen molar-refractivity contribution < 1.29 is 14.7 Å². The number of carboxylic acids is 1. The molecule has 2 aromatic rings. The monoisotopic (exact) mass is 303 g/mol. The standard InChI is InChI=1S/C14H17N5O3/c1-14(2,13(21)22)19-7-9(6-15-19)16-12(20)11-5-10(17-18-11)8-3-4-8/h5-8H,3-4H2,1-2H3,(H,16,20)(H,17,18)(H,21,22). The smallest absolute Gasteiger partial charge is 0.331 e. The van der Waals surface area contributed by atoms with Gasteiger partial charge < -0.3 is 10.4 Å². The average Bonchev–Trinajstić information content (AvgIpc) is 3.01. The first kappa shape index (κ1) is 14.3. The van der Waals surface area contributed by atoms with Gasteiger partial charge in [-0.25, -0.2) is 4.79 Å². The number of aromatic amines is 1. The Morgan fingerprint density at radius 3 is 2.82 bits per heavy atom. The molecule has 116 valence electrons. The first-order valence-corrected chi connectivity index (χ1v) is 7.03. The van der Waals surface area contributed by atoms with Gasteiger partial charge in [0.2, 0.25) is 0 Å². The van der Waals surface area contributed by atoms with Gasteiger partial charge in [-0.05, 0) is 32.8 Å². The highest BCUT2D eigenvalue weighted by molar-refractivity contribution is 6.02. The number of anilines is 1. The predicted octanol–water partition coefficient (Wildman–Crippen LogP) is 1.56. The number of aromatic nitrogens is 4. The third-order valence-corrected chi connectivity index (χ3v) is 3.78. The summed E-state index contributed by atoms with van der Waals surface area (Å²) in [6.07, 6.45) is 5.15. The molecule has 0 spiro atoms. The maximum absolute atomic E-state index is 12.1. The van der Waals surface area contributed by atoms with Crippen molar-refractivity contribution >= 4 is 17.6 Å². The number of amides is 1. The van der Waals surface area contributed by atoms with Crippen LogP contribution < -0.4 is 5.32 Å². The van der Waals surface area contributed by atoms with Crippen molar-refractivity contribution in [3.63, 3.8) is 0 Å². The van der Waals surface area contributed by atoms with Crippen LogP contribution >= 0.6 is 0 Å². The fourth-order valence-electron chi connectivity index (χ4n) is 2.04. The molecule has 3 rings (SSSR count). The van der Waals surface area contributed by atoms with Gasteiger partial charge in [0.15, 0.2) is 11.2 Å². The maximum Gasteiger partial charge on any atom is 0.331 e. The van der Waals surface area contributed by atoms with E-state index < -0.39 is 11.5 Å². The van der Waals surface area contributed by atoms with Gasteiger partial charge in [0.1, 0.15) is 0 Å². The molecule has 8 nitrogen and oxygen atoms in total. The quantitative estimate of drug-likeness (QED) is 0.775. The molecule has 1 aliphatic carbocycles. The van der Waals surface area contributed by atoms with Gasteiger partial charge >= 0.3 is 5.97 Å². The molecule has 1 aliphatic rings. The SMILES string of the molecule is CC(C)(C(=O)O)n1cc(NC(=O)c2cc(C3CC3)[nH]n2)cn1. The molecule has 0 aromatic carbocycles. The van der Waals surface area contributed by atoms with Crippen LogP contribution in [0.2, 0.25) is 0 Å². The number of carboxylic acid groups (broad SMARTS) is 1. The summed E-state index contributed by atoms with van der Waals surface area (Å²) in [5.41, 5.74) is 0.532. The number of carbonyl (C=O) groups excluding carboxylic acids is 1. The Kier molecular flexibility index (Phi) is 3.23. The van der Waals surface area contributed by atoms with Crippen molar-refractivity contribution in [3.8, 4) is 0 Å². The summed E-state index contributed by atoms with van der Waals surface area (Å²) in [6, 6.07) is 1.75. The summed E-state index contributed by atoms with van der Waals surface area (Å²) < 4.78 is 1.30. The second-order valence-corrected chi connectivity index (χ2v) is 5.97. The minimum Gasteiger partial charge on any atom is -0.479 e. The number of rotatable bonds is 5. The molecule has 0 aliphatic heterocycles. The topological polar surface area (TPSA) is 113 Å². The predicted molar refractivity (Wildman–Crippen MR) is 77.7 cm³/mol. The van der Waals surface area contributed by atoms with E-state index in [1.807, 2.05) is 0 Å². The summed E-state index contributed by atoms with van der Waals surface area (Å²) in [6.45, 7) is 3.06. The minimum atomic E-state index is -1.19. The molecule has 1 amide bonds. The largest absolute Gasteiger partial charge is 0.479 e. The van der Waals surface area contributed by atoms with Crippen LogP contribution in [0, 0.1) is 0 Å². The third kappa shape index (κ3) is 2.59. The molecule has 22 heavy (non-hydrogen) atoms. The Labute approximate surface area is 126 Å². The lowest BCUT2D eigenvalue weighted by atomic mass is 10.1. The number of nitrogens with one attached hydrogen (secondary N) is 2. The van der Waals surface area contributed by atoms with Crippen molar-refractivity contribution in [1.29, 1.82) is 0 Å². The summed E-state index contributed by atoms with van der Waals surface area (Å²) in [5, 5.41) is 22.7. The van der Waals surface area contributed by atoms with E-state index in [0.717, 1.165) is 18.5 Å². The van der Waals surface area contributed by atoms with E-state index in [1.54, 1.807) is 6.07 Å². The fraction of sp³-hybridized carbons (Fsp3) is 0.429. The summed E-state index contributed by atoms with van der Waals surface area (Å²) in [4.78, 5) is 23.3. The molecule has 2 heterocycles. The number of aliphatic carboxylic acids is 1. The highest BCUT2D eigenvalue weighted by Gasteiger charge is 2.30. The molecule has 0 radical (unpaired) electrons. The zero-order valence-corrected chi connectivity index (χ0v) is 12.3. The molecule has 1 saturated carbocycles. The van der Waals surface area contributed by atoms with Gasteiger partial charge in [-0.15, -0.1) is 0 Å². The zero-order valence-electron chi connectivity index (χ0n) is 12.3. The maximum atomic E-state index is 12.1. The molecular formula is C14H17N5O3. The number of nitrogens with zero attached hydrogens (tertiary/aromatic N) is 3. The van der Waals surface area contributed by atoms with Crippen molar-refractivity contribution in [3.05, 3.63) is 29.8 Å². The highest BCUT2D eigenvalue weighted by atomic mass is 16.4. The average molecular weight is 303 g/mol. The van der Waals surface area contributed by atoms with E-state index in [1.165, 1.54) is 30.9 Å². The Bertz CT molecular complexity index is 726. The van der Waals surface area contributed by atoms with Gasteiger partial charge in [-0.3, -0.25) is 14.6 Å². The third-order valence-electron chi connectivity index (χ3n) is 3.78. The Balaban J connectivity index is 1.71. The van der Waals surface area contributed by atoms with Gasteiger partial charge in [0, 0.05) is 17.8 Å². The summed E-state index contributed by atoms with van der Waals surface area (Å²) in [5.74, 6) is -0.862. The molecule has 2 aromatic heterocycles. The van der Waals surface area contributed by atoms with Crippen LogP contribution in [0.25, 0.3) is 0 Å². The molecule has 0 atom stereocenters.